The summed E-state index contributed by atoms with van der Waals surface area (Å²) in [7, 11) is 0. The zero-order valence-corrected chi connectivity index (χ0v) is 12.1. The molecule has 0 amide bonds. The van der Waals surface area contributed by atoms with E-state index in [1.54, 1.807) is 0 Å². The van der Waals surface area contributed by atoms with Crippen molar-refractivity contribution >= 4 is 17.6 Å². The minimum absolute atomic E-state index is 0.746. The Kier molecular flexibility index (Phi) is 5.94. The molecule has 0 saturated heterocycles. The van der Waals surface area contributed by atoms with Crippen LogP contribution in [0.5, 0.6) is 0 Å². The van der Waals surface area contributed by atoms with Gasteiger partial charge in [-0.1, -0.05) is 33.4 Å². The molecule has 0 spiro atoms. The fourth-order valence-electron chi connectivity index (χ4n) is 1.82. The number of aromatic nitrogens is 1. The largest absolute Gasteiger partial charge is 0.269 e. The lowest BCUT2D eigenvalue weighted by Crippen LogP contribution is -1.89. The number of hydrogen-bond acceptors (Lipinski definition) is 2. The molecule has 0 aliphatic rings. The fraction of sp³-hybridized carbons (Fsp3) is 0.294. The Morgan fingerprint density at radius 2 is 1.89 bits per heavy atom. The van der Waals surface area contributed by atoms with Crippen molar-refractivity contribution in [2.24, 2.45) is 4.99 Å². The maximum absolute atomic E-state index is 4.43. The van der Waals surface area contributed by atoms with Gasteiger partial charge >= 0.3 is 0 Å². The highest BCUT2D eigenvalue weighted by Gasteiger charge is 2.00. The van der Waals surface area contributed by atoms with E-state index in [2.05, 4.69) is 48.4 Å². The van der Waals surface area contributed by atoms with Crippen molar-refractivity contribution in [3.63, 3.8) is 0 Å². The first-order valence-corrected chi connectivity index (χ1v) is 6.75. The van der Waals surface area contributed by atoms with Crippen LogP contribution in [0.15, 0.2) is 47.7 Å². The van der Waals surface area contributed by atoms with Gasteiger partial charge in [0, 0.05) is 23.7 Å². The van der Waals surface area contributed by atoms with Gasteiger partial charge in [-0.3, -0.25) is 9.98 Å². The second kappa shape index (κ2) is 7.47. The second-order valence-electron chi connectivity index (χ2n) is 4.13. The summed E-state index contributed by atoms with van der Waals surface area (Å²) in [6.07, 6.45) is 3.69. The number of pyridine rings is 1. The maximum atomic E-state index is 4.43. The van der Waals surface area contributed by atoms with E-state index in [0.717, 1.165) is 24.1 Å². The molecule has 0 fully saturated rings. The zero-order valence-electron chi connectivity index (χ0n) is 12.1. The van der Waals surface area contributed by atoms with E-state index in [1.165, 1.54) is 16.5 Å². The van der Waals surface area contributed by atoms with E-state index in [-0.39, 0.29) is 0 Å². The van der Waals surface area contributed by atoms with Gasteiger partial charge in [-0.2, -0.15) is 0 Å². The van der Waals surface area contributed by atoms with Gasteiger partial charge in [0.2, 0.25) is 0 Å². The van der Waals surface area contributed by atoms with Crippen LogP contribution in [0.25, 0.3) is 10.9 Å². The highest BCUT2D eigenvalue weighted by Crippen LogP contribution is 2.17. The molecular weight excluding hydrogens is 232 g/mol. The number of allylic oxidation sites excluding steroid dienone is 1. The Morgan fingerprint density at radius 3 is 2.53 bits per heavy atom. The first kappa shape index (κ1) is 15.1. The number of hydrogen-bond donors (Lipinski definition) is 0. The SMILES string of the molecule is C=NC(=C)Cc1ccc2ncc(CC)cc2c1.CC. The summed E-state index contributed by atoms with van der Waals surface area (Å²) in [6.45, 7) is 13.5. The summed E-state index contributed by atoms with van der Waals surface area (Å²) < 4.78 is 0. The smallest absolute Gasteiger partial charge is 0.0702 e. The van der Waals surface area contributed by atoms with Gasteiger partial charge in [0.1, 0.15) is 0 Å². The summed E-state index contributed by atoms with van der Waals surface area (Å²) in [4.78, 5) is 8.27. The average molecular weight is 254 g/mol. The van der Waals surface area contributed by atoms with Gasteiger partial charge in [-0.25, -0.2) is 0 Å². The lowest BCUT2D eigenvalue weighted by atomic mass is 10.1. The molecule has 0 saturated carbocycles. The quantitative estimate of drug-likeness (QED) is 0.733. The van der Waals surface area contributed by atoms with Gasteiger partial charge in [-0.05, 0) is 42.5 Å². The Hall–Kier alpha value is -1.96. The third-order valence-electron chi connectivity index (χ3n) is 2.84. The minimum atomic E-state index is 0.746. The van der Waals surface area contributed by atoms with Crippen LogP contribution < -0.4 is 0 Å². The summed E-state index contributed by atoms with van der Waals surface area (Å²) >= 11 is 0. The Morgan fingerprint density at radius 1 is 1.21 bits per heavy atom. The third-order valence-corrected chi connectivity index (χ3v) is 2.84. The summed E-state index contributed by atoms with van der Waals surface area (Å²) in [5, 5.41) is 1.18. The predicted molar refractivity (Wildman–Crippen MR) is 84.9 cm³/mol. The molecule has 1 heterocycles. The molecule has 1 aromatic heterocycles. The Bertz CT molecular complexity index is 570. The number of aliphatic imine (C=N–C) groups is 1. The van der Waals surface area contributed by atoms with Crippen molar-refractivity contribution in [1.29, 1.82) is 0 Å². The van der Waals surface area contributed by atoms with Crippen molar-refractivity contribution in [3.8, 4) is 0 Å². The predicted octanol–water partition coefficient (Wildman–Crippen LogP) is 4.58. The van der Waals surface area contributed by atoms with Gasteiger partial charge in [0.05, 0.1) is 5.52 Å². The van der Waals surface area contributed by atoms with Crippen molar-refractivity contribution in [2.45, 2.75) is 33.6 Å². The van der Waals surface area contributed by atoms with Gasteiger partial charge in [0.25, 0.3) is 0 Å². The molecule has 0 aliphatic heterocycles. The van der Waals surface area contributed by atoms with Crippen molar-refractivity contribution < 1.29 is 0 Å². The molecule has 0 radical (unpaired) electrons. The summed E-state index contributed by atoms with van der Waals surface area (Å²) in [5.41, 5.74) is 4.28. The second-order valence-corrected chi connectivity index (χ2v) is 4.13. The van der Waals surface area contributed by atoms with Gasteiger partial charge in [-0.15, -0.1) is 0 Å². The molecular formula is C17H22N2. The molecule has 2 nitrogen and oxygen atoms in total. The molecule has 0 N–H and O–H groups in total. The van der Waals surface area contributed by atoms with E-state index < -0.39 is 0 Å². The third kappa shape index (κ3) is 4.02. The molecule has 0 bridgehead atoms. The van der Waals surface area contributed by atoms with E-state index in [4.69, 9.17) is 0 Å². The van der Waals surface area contributed by atoms with Crippen LogP contribution >= 0.6 is 0 Å². The van der Waals surface area contributed by atoms with Crippen LogP contribution in [0, 0.1) is 0 Å². The van der Waals surface area contributed by atoms with Crippen molar-refractivity contribution in [3.05, 3.63) is 53.9 Å². The van der Waals surface area contributed by atoms with Crippen LogP contribution in [0.1, 0.15) is 31.9 Å². The van der Waals surface area contributed by atoms with Crippen LogP contribution in [-0.4, -0.2) is 11.7 Å². The number of rotatable bonds is 4. The Balaban J connectivity index is 0.000000861. The van der Waals surface area contributed by atoms with E-state index in [0.29, 0.717) is 0 Å². The van der Waals surface area contributed by atoms with E-state index in [9.17, 15) is 0 Å². The average Bonchev–Trinajstić information content (AvgIpc) is 2.48. The van der Waals surface area contributed by atoms with Crippen LogP contribution in [0.3, 0.4) is 0 Å². The van der Waals surface area contributed by atoms with E-state index >= 15 is 0 Å². The highest BCUT2D eigenvalue weighted by molar-refractivity contribution is 5.79. The number of nitrogens with zero attached hydrogens (tertiary/aromatic N) is 2. The van der Waals surface area contributed by atoms with Gasteiger partial charge in [0.15, 0.2) is 0 Å². The molecule has 2 rings (SSSR count). The summed E-state index contributed by atoms with van der Waals surface area (Å²) in [5.74, 6) is 0. The molecule has 0 atom stereocenters. The van der Waals surface area contributed by atoms with Crippen molar-refractivity contribution in [1.82, 2.24) is 4.98 Å². The standard InChI is InChI=1S/C15H16N2.C2H6/c1-4-12-8-14-9-13(7-11(2)16-3)5-6-15(14)17-10-12;1-2/h5-6,8-10H,2-4,7H2,1H3;1-2H3. The minimum Gasteiger partial charge on any atom is -0.269 e. The first-order chi connectivity index (χ1) is 9.22. The summed E-state index contributed by atoms with van der Waals surface area (Å²) in [6, 6.07) is 8.45. The van der Waals surface area contributed by atoms with Gasteiger partial charge < -0.3 is 0 Å². The molecule has 0 aliphatic carbocycles. The fourth-order valence-corrected chi connectivity index (χ4v) is 1.82. The molecule has 2 aromatic rings. The zero-order chi connectivity index (χ0) is 14.3. The molecule has 0 unspecified atom stereocenters. The monoisotopic (exact) mass is 254 g/mol. The van der Waals surface area contributed by atoms with Crippen LogP contribution in [0.2, 0.25) is 0 Å². The molecule has 100 valence electrons. The van der Waals surface area contributed by atoms with Crippen LogP contribution in [0.4, 0.5) is 0 Å². The Labute approximate surface area is 115 Å². The maximum Gasteiger partial charge on any atom is 0.0702 e. The molecule has 2 heteroatoms. The number of benzene rings is 1. The first-order valence-electron chi connectivity index (χ1n) is 6.75. The normalized spacial score (nSPS) is 9.63. The van der Waals surface area contributed by atoms with Crippen molar-refractivity contribution in [2.75, 3.05) is 0 Å². The highest BCUT2D eigenvalue weighted by atomic mass is 14.7. The van der Waals surface area contributed by atoms with E-state index in [1.807, 2.05) is 26.1 Å². The lowest BCUT2D eigenvalue weighted by molar-refractivity contribution is 1.11. The molecule has 1 aromatic carbocycles. The van der Waals surface area contributed by atoms with Crippen LogP contribution in [-0.2, 0) is 12.8 Å². The lowest BCUT2D eigenvalue weighted by Gasteiger charge is -2.04. The number of fused-ring (bicyclic) bond motifs is 1. The topological polar surface area (TPSA) is 25.2 Å². The molecule has 19 heavy (non-hydrogen) atoms. The number of aryl methyl sites for hydroxylation is 1.